The summed E-state index contributed by atoms with van der Waals surface area (Å²) in [6.07, 6.45) is 4.04. The highest BCUT2D eigenvalue weighted by Crippen LogP contribution is 2.29. The molecule has 0 radical (unpaired) electrons. The van der Waals surface area contributed by atoms with Gasteiger partial charge in [0.15, 0.2) is 0 Å². The van der Waals surface area contributed by atoms with Gasteiger partial charge in [0.2, 0.25) is 0 Å². The lowest BCUT2D eigenvalue weighted by Gasteiger charge is -2.15. The van der Waals surface area contributed by atoms with Gasteiger partial charge in [0.25, 0.3) is 11.8 Å². The molecule has 190 valence electrons. The Morgan fingerprint density at radius 2 is 1.11 bits per heavy atom. The van der Waals surface area contributed by atoms with Crippen LogP contribution in [-0.4, -0.2) is 22.0 Å². The molecule has 0 aliphatic carbocycles. The third-order valence-electron chi connectivity index (χ3n) is 6.49. The van der Waals surface area contributed by atoms with E-state index in [2.05, 4.69) is 38.3 Å². The van der Waals surface area contributed by atoms with E-state index in [0.29, 0.717) is 11.4 Å². The molecule has 6 nitrogen and oxygen atoms in total. The maximum atomic E-state index is 12.9. The van der Waals surface area contributed by atoms with Crippen molar-refractivity contribution in [2.24, 2.45) is 0 Å². The molecule has 0 bridgehead atoms. The lowest BCUT2D eigenvalue weighted by atomic mass is 9.94. The largest absolute Gasteiger partial charge is 0.507 e. The minimum Gasteiger partial charge on any atom is -0.507 e. The number of amides is 2. The molecule has 0 heterocycles. The van der Waals surface area contributed by atoms with Crippen molar-refractivity contribution in [1.29, 1.82) is 0 Å². The van der Waals surface area contributed by atoms with E-state index in [9.17, 15) is 19.8 Å². The molecule has 3 aromatic rings. The van der Waals surface area contributed by atoms with E-state index in [1.807, 2.05) is 12.1 Å². The number of anilines is 2. The Morgan fingerprint density at radius 3 is 1.50 bits per heavy atom. The molecule has 0 aliphatic heterocycles. The van der Waals surface area contributed by atoms with E-state index in [-0.39, 0.29) is 34.5 Å². The maximum Gasteiger partial charge on any atom is 0.259 e. The van der Waals surface area contributed by atoms with Crippen LogP contribution in [0.15, 0.2) is 60.7 Å². The van der Waals surface area contributed by atoms with Crippen LogP contribution < -0.4 is 10.6 Å². The van der Waals surface area contributed by atoms with Gasteiger partial charge in [-0.2, -0.15) is 0 Å². The first kappa shape index (κ1) is 26.8. The van der Waals surface area contributed by atoms with Crippen molar-refractivity contribution >= 4 is 23.2 Å². The van der Waals surface area contributed by atoms with Gasteiger partial charge in [-0.3, -0.25) is 9.59 Å². The highest BCUT2D eigenvalue weighted by molar-refractivity contribution is 6.08. The van der Waals surface area contributed by atoms with Crippen LogP contribution in [0.5, 0.6) is 11.5 Å². The smallest absolute Gasteiger partial charge is 0.259 e. The highest BCUT2D eigenvalue weighted by atomic mass is 16.3. The van der Waals surface area contributed by atoms with Crippen LogP contribution in [0.1, 0.15) is 97.1 Å². The first-order chi connectivity index (χ1) is 17.2. The summed E-state index contributed by atoms with van der Waals surface area (Å²) >= 11 is 0. The summed E-state index contributed by atoms with van der Waals surface area (Å²) in [5, 5.41) is 26.1. The van der Waals surface area contributed by atoms with Crippen LogP contribution in [0.4, 0.5) is 11.4 Å². The number of hydrogen-bond donors (Lipinski definition) is 4. The topological polar surface area (TPSA) is 98.7 Å². The van der Waals surface area contributed by atoms with Crippen LogP contribution >= 0.6 is 0 Å². The van der Waals surface area contributed by atoms with Crippen molar-refractivity contribution in [3.8, 4) is 11.5 Å². The Kier molecular flexibility index (Phi) is 9.12. The predicted molar refractivity (Wildman–Crippen MR) is 145 cm³/mol. The van der Waals surface area contributed by atoms with E-state index in [0.717, 1.165) is 36.8 Å². The summed E-state index contributed by atoms with van der Waals surface area (Å²) in [6, 6.07) is 17.0. The van der Waals surface area contributed by atoms with E-state index in [1.54, 1.807) is 48.5 Å². The lowest BCUT2D eigenvalue weighted by Crippen LogP contribution is -2.15. The molecule has 0 saturated heterocycles. The van der Waals surface area contributed by atoms with Gasteiger partial charge in [-0.1, -0.05) is 58.7 Å². The second kappa shape index (κ2) is 12.2. The first-order valence-corrected chi connectivity index (χ1v) is 12.6. The van der Waals surface area contributed by atoms with E-state index in [4.69, 9.17) is 0 Å². The average Bonchev–Trinajstić information content (AvgIpc) is 2.85. The van der Waals surface area contributed by atoms with Gasteiger partial charge in [-0.05, 0) is 78.3 Å². The third kappa shape index (κ3) is 6.66. The summed E-state index contributed by atoms with van der Waals surface area (Å²) in [4.78, 5) is 25.9. The standard InChI is InChI=1S/C30H36N2O4/c1-5-8-19(3)21-12-14-27(33)25(16-21)29(35)31-23-10-7-11-24(18-23)32-30(36)26-17-22(13-15-28(26)34)20(4)9-6-2/h7,10-20,33-34H,5-6,8-9H2,1-4H3,(H,31,35)(H,32,36). The molecule has 4 N–H and O–H groups in total. The molecule has 36 heavy (non-hydrogen) atoms. The molecule has 0 aliphatic rings. The summed E-state index contributed by atoms with van der Waals surface area (Å²) in [5.74, 6) is -0.483. The third-order valence-corrected chi connectivity index (χ3v) is 6.49. The number of benzene rings is 3. The minimum atomic E-state index is -0.434. The zero-order valence-electron chi connectivity index (χ0n) is 21.5. The average molecular weight is 489 g/mol. The summed E-state index contributed by atoms with van der Waals surface area (Å²) < 4.78 is 0. The van der Waals surface area contributed by atoms with Crippen molar-refractivity contribution < 1.29 is 19.8 Å². The number of nitrogens with one attached hydrogen (secondary N) is 2. The molecule has 6 heteroatoms. The van der Waals surface area contributed by atoms with Crippen LogP contribution in [0.2, 0.25) is 0 Å². The van der Waals surface area contributed by atoms with Crippen LogP contribution in [0.25, 0.3) is 0 Å². The minimum absolute atomic E-state index is 0.0861. The number of aromatic hydroxyl groups is 2. The van der Waals surface area contributed by atoms with Crippen molar-refractivity contribution in [1.82, 2.24) is 0 Å². The zero-order chi connectivity index (χ0) is 26.2. The van der Waals surface area contributed by atoms with Gasteiger partial charge in [-0.25, -0.2) is 0 Å². The van der Waals surface area contributed by atoms with E-state index in [1.165, 1.54) is 0 Å². The Bertz CT molecular complexity index is 1130. The molecular weight excluding hydrogens is 452 g/mol. The fraction of sp³-hybridized carbons (Fsp3) is 0.333. The molecule has 3 rings (SSSR count). The van der Waals surface area contributed by atoms with Gasteiger partial charge in [0.05, 0.1) is 11.1 Å². The molecule has 2 atom stereocenters. The molecule has 2 unspecified atom stereocenters. The normalized spacial score (nSPS) is 12.6. The fourth-order valence-corrected chi connectivity index (χ4v) is 4.36. The van der Waals surface area contributed by atoms with E-state index < -0.39 is 11.8 Å². The number of carbonyl (C=O) groups is 2. The Morgan fingerprint density at radius 1 is 0.694 bits per heavy atom. The maximum absolute atomic E-state index is 12.9. The van der Waals surface area contributed by atoms with Crippen molar-refractivity contribution in [2.45, 2.75) is 65.2 Å². The predicted octanol–water partition coefficient (Wildman–Crippen LogP) is 7.41. The van der Waals surface area contributed by atoms with Crippen LogP contribution in [-0.2, 0) is 0 Å². The SMILES string of the molecule is CCCC(C)c1ccc(O)c(C(=O)Nc2cccc(NC(=O)c3cc(C(C)CCC)ccc3O)c2)c1. The van der Waals surface area contributed by atoms with Gasteiger partial charge >= 0.3 is 0 Å². The Balaban J connectivity index is 1.75. The van der Waals surface area contributed by atoms with Gasteiger partial charge in [0.1, 0.15) is 11.5 Å². The molecule has 0 aromatic heterocycles. The second-order valence-corrected chi connectivity index (χ2v) is 9.42. The van der Waals surface area contributed by atoms with E-state index >= 15 is 0 Å². The Labute approximate surface area is 213 Å². The number of rotatable bonds is 10. The molecule has 0 spiro atoms. The second-order valence-electron chi connectivity index (χ2n) is 9.42. The quantitative estimate of drug-likeness (QED) is 0.239. The number of hydrogen-bond acceptors (Lipinski definition) is 4. The molecular formula is C30H36N2O4. The molecule has 2 amide bonds. The summed E-state index contributed by atoms with van der Waals surface area (Å²) in [7, 11) is 0. The van der Waals surface area contributed by atoms with Gasteiger partial charge in [0, 0.05) is 11.4 Å². The molecule has 3 aromatic carbocycles. The van der Waals surface area contributed by atoms with Crippen LogP contribution in [0.3, 0.4) is 0 Å². The van der Waals surface area contributed by atoms with Gasteiger partial charge in [-0.15, -0.1) is 0 Å². The number of phenolic OH excluding ortho intramolecular Hbond substituents is 2. The van der Waals surface area contributed by atoms with Crippen molar-refractivity contribution in [3.05, 3.63) is 82.9 Å². The number of carbonyl (C=O) groups excluding carboxylic acids is 2. The van der Waals surface area contributed by atoms with Crippen LogP contribution in [0, 0.1) is 0 Å². The Hall–Kier alpha value is -3.80. The van der Waals surface area contributed by atoms with Crippen molar-refractivity contribution in [2.75, 3.05) is 10.6 Å². The lowest BCUT2D eigenvalue weighted by molar-refractivity contribution is 0.101. The first-order valence-electron chi connectivity index (χ1n) is 12.6. The number of phenols is 2. The zero-order valence-corrected chi connectivity index (χ0v) is 21.5. The summed E-state index contributed by atoms with van der Waals surface area (Å²) in [6.45, 7) is 8.42. The monoisotopic (exact) mass is 488 g/mol. The van der Waals surface area contributed by atoms with Crippen molar-refractivity contribution in [3.63, 3.8) is 0 Å². The molecule has 0 fully saturated rings. The van der Waals surface area contributed by atoms with Gasteiger partial charge < -0.3 is 20.8 Å². The molecule has 0 saturated carbocycles. The highest BCUT2D eigenvalue weighted by Gasteiger charge is 2.17. The summed E-state index contributed by atoms with van der Waals surface area (Å²) in [5.41, 5.74) is 3.34. The fourth-order valence-electron chi connectivity index (χ4n) is 4.36.